The molecule has 0 saturated heterocycles. The van der Waals surface area contributed by atoms with Crippen molar-refractivity contribution in [1.29, 1.82) is 0 Å². The molecule has 0 spiro atoms. The number of nitrogens with zero attached hydrogens (tertiary/aromatic N) is 2. The number of benzene rings is 8. The van der Waals surface area contributed by atoms with E-state index in [0.717, 1.165) is 33.0 Å². The van der Waals surface area contributed by atoms with E-state index in [1.54, 1.807) is 0 Å². The first kappa shape index (κ1) is 31.2. The summed E-state index contributed by atoms with van der Waals surface area (Å²) in [6.07, 6.45) is 0. The van der Waals surface area contributed by atoms with Gasteiger partial charge in [0.05, 0.1) is 32.8 Å². The molecule has 0 aliphatic carbocycles. The third-order valence-corrected chi connectivity index (χ3v) is 14.4. The van der Waals surface area contributed by atoms with Crippen LogP contribution in [0.15, 0.2) is 176 Å². The van der Waals surface area contributed by atoms with Crippen LogP contribution < -0.4 is 16.4 Å². The molecular weight excluding hydrogens is 720 g/mol. The van der Waals surface area contributed by atoms with E-state index < -0.39 is 0 Å². The molecule has 3 nitrogen and oxygen atoms in total. The summed E-state index contributed by atoms with van der Waals surface area (Å²) in [5.41, 5.74) is 15.7. The quantitative estimate of drug-likeness (QED) is 0.164. The Hall–Kier alpha value is -6.08. The first-order chi connectivity index (χ1) is 27.6. The third kappa shape index (κ3) is 4.07. The molecule has 0 bridgehead atoms. The lowest BCUT2D eigenvalue weighted by molar-refractivity contribution is 0.673. The Morgan fingerprint density at radius 2 is 0.982 bits per heavy atom. The summed E-state index contributed by atoms with van der Waals surface area (Å²) < 4.78 is 12.0. The predicted molar refractivity (Wildman–Crippen MR) is 238 cm³/mol. The van der Waals surface area contributed by atoms with E-state index in [-0.39, 0.29) is 6.71 Å². The summed E-state index contributed by atoms with van der Waals surface area (Å²) in [7, 11) is 0. The maximum Gasteiger partial charge on any atom is 0.247 e. The van der Waals surface area contributed by atoms with Crippen LogP contribution in [0, 0.1) is 13.8 Å². The fraction of sp³-hybridized carbons (Fsp3) is 0.0400. The Balaban J connectivity index is 1.23. The van der Waals surface area contributed by atoms with Gasteiger partial charge in [-0.05, 0) is 73.9 Å². The molecule has 13 rings (SSSR count). The van der Waals surface area contributed by atoms with Crippen LogP contribution in [0.4, 0.5) is 0 Å². The van der Waals surface area contributed by atoms with Crippen molar-refractivity contribution < 1.29 is 4.42 Å². The molecule has 8 aromatic carbocycles. The number of fused-ring (bicyclic) bond motifs is 16. The first-order valence-electron chi connectivity index (χ1n) is 19.2. The van der Waals surface area contributed by atoms with Crippen molar-refractivity contribution in [2.75, 3.05) is 0 Å². The second-order valence-electron chi connectivity index (χ2n) is 15.4. The fourth-order valence-corrected chi connectivity index (χ4v) is 12.5. The number of aromatic nitrogens is 2. The summed E-state index contributed by atoms with van der Waals surface area (Å²) >= 11 is 3.86. The van der Waals surface area contributed by atoms with Gasteiger partial charge < -0.3 is 13.6 Å². The zero-order valence-electron chi connectivity index (χ0n) is 30.6. The summed E-state index contributed by atoms with van der Waals surface area (Å²) in [5, 5.41) is 7.09. The highest BCUT2D eigenvalue weighted by Gasteiger charge is 2.39. The van der Waals surface area contributed by atoms with E-state index in [1.165, 1.54) is 91.0 Å². The van der Waals surface area contributed by atoms with Crippen LogP contribution in [0.3, 0.4) is 0 Å². The molecule has 0 saturated carbocycles. The number of rotatable bonds is 2. The van der Waals surface area contributed by atoms with Crippen LogP contribution >= 0.6 is 23.5 Å². The summed E-state index contributed by atoms with van der Waals surface area (Å²) in [4.78, 5) is 5.36. The Morgan fingerprint density at radius 3 is 1.62 bits per heavy atom. The van der Waals surface area contributed by atoms with Gasteiger partial charge in [0.25, 0.3) is 0 Å². The van der Waals surface area contributed by atoms with E-state index in [1.807, 2.05) is 23.5 Å². The van der Waals surface area contributed by atoms with Crippen LogP contribution in [0.2, 0.25) is 0 Å². The Morgan fingerprint density at radius 1 is 0.464 bits per heavy atom. The molecule has 5 heterocycles. The van der Waals surface area contributed by atoms with Crippen molar-refractivity contribution in [3.05, 3.63) is 163 Å². The van der Waals surface area contributed by atoms with Crippen LogP contribution in [0.1, 0.15) is 11.1 Å². The average Bonchev–Trinajstić information content (AvgIpc) is 3.88. The molecule has 6 heteroatoms. The molecule has 56 heavy (non-hydrogen) atoms. The van der Waals surface area contributed by atoms with E-state index in [2.05, 4.69) is 175 Å². The van der Waals surface area contributed by atoms with Crippen molar-refractivity contribution in [3.8, 4) is 11.4 Å². The van der Waals surface area contributed by atoms with Crippen LogP contribution in [0.25, 0.3) is 76.9 Å². The second-order valence-corrected chi connectivity index (χ2v) is 17.5. The number of hydrogen-bond donors (Lipinski definition) is 0. The molecule has 0 N–H and O–H groups in total. The highest BCUT2D eigenvalue weighted by molar-refractivity contribution is 8.01. The van der Waals surface area contributed by atoms with E-state index in [0.29, 0.717) is 0 Å². The average molecular weight is 751 g/mol. The molecule has 3 aromatic heterocycles. The van der Waals surface area contributed by atoms with Gasteiger partial charge in [-0.25, -0.2) is 0 Å². The van der Waals surface area contributed by atoms with Crippen LogP contribution in [0.5, 0.6) is 0 Å². The van der Waals surface area contributed by atoms with Gasteiger partial charge in [0, 0.05) is 52.5 Å². The summed E-state index contributed by atoms with van der Waals surface area (Å²) in [5.74, 6) is 0. The standard InChI is InChI=1S/C50H31BN2OS2/c1-28-20-22-35-40(24-28)55-42-26-31(27-43-47(42)51(35)36-23-21-29(2)25-41(36)56-43)53-38-18-10-7-15-33(38)45-48(53)44-32-14-6-9-17-37(32)52(30-12-4-3-5-13-30)49(44)46-34-16-8-11-19-39(34)54-50(45)46/h3-27H,1-2H3. The SMILES string of the molecule is Cc1ccc2c(c1)Sc1cc(-n3c4ccccc4c4c5oc6ccccc6c5c5c(c6ccccc6n5-c5ccccc5)c43)cc3c1B2c1ccc(C)cc1S3. The minimum absolute atomic E-state index is 0.201. The van der Waals surface area contributed by atoms with Crippen molar-refractivity contribution in [3.63, 3.8) is 0 Å². The van der Waals surface area contributed by atoms with Crippen LogP contribution in [-0.4, -0.2) is 15.8 Å². The molecule has 0 amide bonds. The lowest BCUT2D eigenvalue weighted by atomic mass is 9.36. The van der Waals surface area contributed by atoms with Gasteiger partial charge in [-0.1, -0.05) is 143 Å². The summed E-state index contributed by atoms with van der Waals surface area (Å²) in [6.45, 7) is 4.62. The number of hydrogen-bond acceptors (Lipinski definition) is 3. The Bertz CT molecular complexity index is 3440. The molecule has 0 atom stereocenters. The van der Waals surface area contributed by atoms with E-state index >= 15 is 0 Å². The number of para-hydroxylation sites is 4. The topological polar surface area (TPSA) is 23.0 Å². The Labute approximate surface area is 331 Å². The van der Waals surface area contributed by atoms with Crippen molar-refractivity contribution in [1.82, 2.24) is 9.13 Å². The first-order valence-corrected chi connectivity index (χ1v) is 20.8. The highest BCUT2D eigenvalue weighted by atomic mass is 32.2. The smallest absolute Gasteiger partial charge is 0.247 e. The lowest BCUT2D eigenvalue weighted by Crippen LogP contribution is -2.58. The number of furan rings is 1. The van der Waals surface area contributed by atoms with Gasteiger partial charge in [0.2, 0.25) is 6.71 Å². The maximum atomic E-state index is 7.04. The molecule has 0 unspecified atom stereocenters. The van der Waals surface area contributed by atoms with Gasteiger partial charge in [-0.2, -0.15) is 0 Å². The molecule has 0 fully saturated rings. The zero-order chi connectivity index (χ0) is 36.8. The van der Waals surface area contributed by atoms with Crippen molar-refractivity contribution in [2.24, 2.45) is 0 Å². The van der Waals surface area contributed by atoms with Gasteiger partial charge in [-0.15, -0.1) is 0 Å². The van der Waals surface area contributed by atoms with E-state index in [9.17, 15) is 0 Å². The highest BCUT2D eigenvalue weighted by Crippen LogP contribution is 2.50. The lowest BCUT2D eigenvalue weighted by Gasteiger charge is -2.33. The molecule has 2 aliphatic rings. The van der Waals surface area contributed by atoms with Gasteiger partial charge in [-0.3, -0.25) is 0 Å². The fourth-order valence-electron chi connectivity index (χ4n) is 9.82. The second kappa shape index (κ2) is 11.3. The Kier molecular flexibility index (Phi) is 6.26. The monoisotopic (exact) mass is 750 g/mol. The predicted octanol–water partition coefficient (Wildman–Crippen LogP) is 11.8. The van der Waals surface area contributed by atoms with Crippen molar-refractivity contribution in [2.45, 2.75) is 33.4 Å². The molecule has 2 aliphatic heterocycles. The number of aryl methyl sites for hydroxylation is 2. The zero-order valence-corrected chi connectivity index (χ0v) is 32.3. The van der Waals surface area contributed by atoms with Gasteiger partial charge in [0.1, 0.15) is 11.2 Å². The molecular formula is C50H31BN2OS2. The molecule has 262 valence electrons. The third-order valence-electron chi connectivity index (χ3n) is 12.1. The van der Waals surface area contributed by atoms with Crippen LogP contribution in [-0.2, 0) is 0 Å². The minimum atomic E-state index is 0.201. The minimum Gasteiger partial charge on any atom is -0.455 e. The van der Waals surface area contributed by atoms with E-state index in [4.69, 9.17) is 4.42 Å². The normalized spacial score (nSPS) is 13.4. The largest absolute Gasteiger partial charge is 0.455 e. The molecule has 0 radical (unpaired) electrons. The summed E-state index contributed by atoms with van der Waals surface area (Å²) in [6, 6.07) is 56.2. The van der Waals surface area contributed by atoms with Gasteiger partial charge in [0.15, 0.2) is 0 Å². The maximum absolute atomic E-state index is 7.04. The van der Waals surface area contributed by atoms with Crippen molar-refractivity contribution >= 4 is 112 Å². The molecule has 11 aromatic rings. The van der Waals surface area contributed by atoms with Gasteiger partial charge >= 0.3 is 0 Å².